The summed E-state index contributed by atoms with van der Waals surface area (Å²) in [5.41, 5.74) is 0. The van der Waals surface area contributed by atoms with Crippen molar-refractivity contribution in [3.8, 4) is 0 Å². The average Bonchev–Trinajstić information content (AvgIpc) is 1.88. The molecule has 0 radical (unpaired) electrons. The molecule has 0 amide bonds. The van der Waals surface area contributed by atoms with Crippen LogP contribution in [0, 0.1) is 0 Å². The van der Waals surface area contributed by atoms with Crippen LogP contribution in [-0.2, 0) is 9.53 Å². The number of aliphatic hydroxyl groups is 1. The van der Waals surface area contributed by atoms with Crippen molar-refractivity contribution in [3.63, 3.8) is 0 Å². The number of methoxy groups -OCH3 is 1. The Morgan fingerprint density at radius 1 is 1.70 bits per heavy atom. The molecule has 0 aliphatic rings. The van der Waals surface area contributed by atoms with E-state index in [2.05, 4.69) is 4.74 Å². The van der Waals surface area contributed by atoms with Crippen LogP contribution in [0.1, 0.15) is 26.2 Å². The zero-order valence-corrected chi connectivity index (χ0v) is 6.46. The van der Waals surface area contributed by atoms with E-state index >= 15 is 0 Å². The first-order valence-corrected chi connectivity index (χ1v) is 3.45. The number of hydrogen-bond acceptors (Lipinski definition) is 3. The van der Waals surface area contributed by atoms with E-state index in [-0.39, 0.29) is 12.4 Å². The van der Waals surface area contributed by atoms with Gasteiger partial charge in [0.05, 0.1) is 19.6 Å². The molecular formula is C7H14O3. The van der Waals surface area contributed by atoms with Gasteiger partial charge in [-0.15, -0.1) is 0 Å². The lowest BCUT2D eigenvalue weighted by molar-refractivity contribution is -0.142. The molecule has 0 fully saturated rings. The predicted molar refractivity (Wildman–Crippen MR) is 37.5 cm³/mol. The highest BCUT2D eigenvalue weighted by Gasteiger charge is 2.08. The highest BCUT2D eigenvalue weighted by Crippen LogP contribution is 2.01. The van der Waals surface area contributed by atoms with Crippen molar-refractivity contribution < 1.29 is 14.6 Å². The van der Waals surface area contributed by atoms with Gasteiger partial charge in [0.1, 0.15) is 0 Å². The van der Waals surface area contributed by atoms with Crippen LogP contribution in [0.2, 0.25) is 0 Å². The molecule has 0 heterocycles. The van der Waals surface area contributed by atoms with E-state index in [1.807, 2.05) is 6.92 Å². The molecule has 3 heteroatoms. The summed E-state index contributed by atoms with van der Waals surface area (Å²) in [5.74, 6) is -0.346. The third kappa shape index (κ3) is 4.32. The molecule has 0 aliphatic carbocycles. The van der Waals surface area contributed by atoms with Gasteiger partial charge in [0, 0.05) is 0 Å². The number of ether oxygens (including phenoxy) is 1. The Morgan fingerprint density at radius 2 is 2.30 bits per heavy atom. The fourth-order valence-corrected chi connectivity index (χ4v) is 0.711. The molecule has 0 aromatic rings. The summed E-state index contributed by atoms with van der Waals surface area (Å²) in [4.78, 5) is 10.5. The van der Waals surface area contributed by atoms with E-state index in [1.165, 1.54) is 7.11 Å². The van der Waals surface area contributed by atoms with Crippen LogP contribution in [-0.4, -0.2) is 24.3 Å². The number of aliphatic hydroxyl groups excluding tert-OH is 1. The van der Waals surface area contributed by atoms with Crippen molar-refractivity contribution in [2.24, 2.45) is 0 Å². The molecule has 0 aromatic carbocycles. The smallest absolute Gasteiger partial charge is 0.308 e. The molecule has 1 N–H and O–H groups in total. The lowest BCUT2D eigenvalue weighted by atomic mass is 10.1. The molecule has 0 aliphatic heterocycles. The van der Waals surface area contributed by atoms with E-state index in [0.717, 1.165) is 6.42 Å². The van der Waals surface area contributed by atoms with E-state index < -0.39 is 6.10 Å². The van der Waals surface area contributed by atoms with E-state index in [9.17, 15) is 4.79 Å². The third-order valence-corrected chi connectivity index (χ3v) is 1.25. The van der Waals surface area contributed by atoms with Crippen LogP contribution in [0.15, 0.2) is 0 Å². The average molecular weight is 146 g/mol. The Morgan fingerprint density at radius 3 is 2.70 bits per heavy atom. The number of esters is 1. The molecule has 10 heavy (non-hydrogen) atoms. The molecule has 3 nitrogen and oxygen atoms in total. The summed E-state index contributed by atoms with van der Waals surface area (Å²) in [6.45, 7) is 1.96. The maximum absolute atomic E-state index is 10.5. The van der Waals surface area contributed by atoms with Crippen LogP contribution in [0.4, 0.5) is 0 Å². The normalized spacial score (nSPS) is 12.7. The van der Waals surface area contributed by atoms with E-state index in [1.54, 1.807) is 0 Å². The summed E-state index contributed by atoms with van der Waals surface area (Å²) >= 11 is 0. The minimum atomic E-state index is -0.530. The standard InChI is InChI=1S/C7H14O3/c1-3-4-6(8)5-7(9)10-2/h6,8H,3-5H2,1-2H3/t6-/m0/s1. The van der Waals surface area contributed by atoms with Crippen LogP contribution >= 0.6 is 0 Å². The lowest BCUT2D eigenvalue weighted by Crippen LogP contribution is -2.13. The fourth-order valence-electron chi connectivity index (χ4n) is 0.711. The summed E-state index contributed by atoms with van der Waals surface area (Å²) in [6.07, 6.45) is 1.13. The van der Waals surface area contributed by atoms with Gasteiger partial charge in [0.25, 0.3) is 0 Å². The molecule has 0 aromatic heterocycles. The Labute approximate surface area is 61.0 Å². The summed E-state index contributed by atoms with van der Waals surface area (Å²) in [6, 6.07) is 0. The van der Waals surface area contributed by atoms with Crippen molar-refractivity contribution in [1.82, 2.24) is 0 Å². The largest absolute Gasteiger partial charge is 0.469 e. The summed E-state index contributed by atoms with van der Waals surface area (Å²) in [7, 11) is 1.32. The van der Waals surface area contributed by atoms with Crippen molar-refractivity contribution >= 4 is 5.97 Å². The number of rotatable bonds is 4. The molecule has 0 rings (SSSR count). The van der Waals surface area contributed by atoms with Gasteiger partial charge >= 0.3 is 5.97 Å². The summed E-state index contributed by atoms with van der Waals surface area (Å²) in [5, 5.41) is 9.05. The molecule has 0 saturated carbocycles. The second-order valence-electron chi connectivity index (χ2n) is 2.22. The highest BCUT2D eigenvalue weighted by molar-refractivity contribution is 5.69. The van der Waals surface area contributed by atoms with E-state index in [0.29, 0.717) is 6.42 Å². The Bertz CT molecular complexity index is 101. The van der Waals surface area contributed by atoms with Gasteiger partial charge in [0.2, 0.25) is 0 Å². The second kappa shape index (κ2) is 5.23. The van der Waals surface area contributed by atoms with Gasteiger partial charge < -0.3 is 9.84 Å². The summed E-state index contributed by atoms with van der Waals surface area (Å²) < 4.78 is 4.37. The highest BCUT2D eigenvalue weighted by atomic mass is 16.5. The Hall–Kier alpha value is -0.570. The predicted octanol–water partition coefficient (Wildman–Crippen LogP) is 0.710. The minimum absolute atomic E-state index is 0.115. The molecule has 1 atom stereocenters. The second-order valence-corrected chi connectivity index (χ2v) is 2.22. The first-order chi connectivity index (χ1) is 4.70. The third-order valence-electron chi connectivity index (χ3n) is 1.25. The SMILES string of the molecule is CCC[C@H](O)CC(=O)OC. The molecule has 0 spiro atoms. The maximum Gasteiger partial charge on any atom is 0.308 e. The lowest BCUT2D eigenvalue weighted by Gasteiger charge is -2.05. The van der Waals surface area contributed by atoms with Crippen LogP contribution < -0.4 is 0 Å². The zero-order chi connectivity index (χ0) is 7.98. The van der Waals surface area contributed by atoms with Gasteiger partial charge in [-0.2, -0.15) is 0 Å². The zero-order valence-electron chi connectivity index (χ0n) is 6.46. The molecule has 0 bridgehead atoms. The van der Waals surface area contributed by atoms with Crippen LogP contribution in [0.3, 0.4) is 0 Å². The quantitative estimate of drug-likeness (QED) is 0.594. The van der Waals surface area contributed by atoms with Crippen molar-refractivity contribution in [2.75, 3.05) is 7.11 Å². The van der Waals surface area contributed by atoms with Gasteiger partial charge in [-0.3, -0.25) is 4.79 Å². The monoisotopic (exact) mass is 146 g/mol. The molecular weight excluding hydrogens is 132 g/mol. The van der Waals surface area contributed by atoms with Crippen molar-refractivity contribution in [3.05, 3.63) is 0 Å². The fraction of sp³-hybridized carbons (Fsp3) is 0.857. The Balaban J connectivity index is 3.37. The van der Waals surface area contributed by atoms with Crippen molar-refractivity contribution in [2.45, 2.75) is 32.3 Å². The topological polar surface area (TPSA) is 46.5 Å². The van der Waals surface area contributed by atoms with Crippen LogP contribution in [0.5, 0.6) is 0 Å². The van der Waals surface area contributed by atoms with Gasteiger partial charge in [0.15, 0.2) is 0 Å². The first kappa shape index (κ1) is 9.43. The number of hydrogen-bond donors (Lipinski definition) is 1. The van der Waals surface area contributed by atoms with Gasteiger partial charge in [-0.05, 0) is 6.42 Å². The first-order valence-electron chi connectivity index (χ1n) is 3.45. The number of carbonyl (C=O) groups excluding carboxylic acids is 1. The number of carbonyl (C=O) groups is 1. The molecule has 60 valence electrons. The maximum atomic E-state index is 10.5. The van der Waals surface area contributed by atoms with Gasteiger partial charge in [-0.25, -0.2) is 0 Å². The van der Waals surface area contributed by atoms with Gasteiger partial charge in [-0.1, -0.05) is 13.3 Å². The van der Waals surface area contributed by atoms with Crippen molar-refractivity contribution in [1.29, 1.82) is 0 Å². The molecule has 0 unspecified atom stereocenters. The van der Waals surface area contributed by atoms with E-state index in [4.69, 9.17) is 5.11 Å². The Kier molecular flexibility index (Phi) is 4.94. The van der Waals surface area contributed by atoms with Crippen LogP contribution in [0.25, 0.3) is 0 Å². The molecule has 0 saturated heterocycles. The minimum Gasteiger partial charge on any atom is -0.469 e.